The molecular weight excluding hydrogens is 348 g/mol. The van der Waals surface area contributed by atoms with Crippen LogP contribution in [0.1, 0.15) is 11.1 Å². The SMILES string of the molecule is Cc1ccc(CN(CC(=O)Nc2ccc(Cl)cc2)S(C)(=O)=O)cc1. The number of halogens is 1. The quantitative estimate of drug-likeness (QED) is 0.854. The molecule has 2 rings (SSSR count). The van der Waals surface area contributed by atoms with Crippen molar-refractivity contribution < 1.29 is 13.2 Å². The fourth-order valence-corrected chi connectivity index (χ4v) is 2.94. The molecule has 2 aromatic carbocycles. The number of rotatable bonds is 6. The smallest absolute Gasteiger partial charge is 0.239 e. The molecule has 1 N–H and O–H groups in total. The fourth-order valence-electron chi connectivity index (χ4n) is 2.08. The molecule has 0 saturated carbocycles. The summed E-state index contributed by atoms with van der Waals surface area (Å²) in [5, 5.41) is 3.22. The van der Waals surface area contributed by atoms with Crippen LogP contribution in [0.25, 0.3) is 0 Å². The number of aryl methyl sites for hydroxylation is 1. The van der Waals surface area contributed by atoms with Gasteiger partial charge in [-0.2, -0.15) is 4.31 Å². The van der Waals surface area contributed by atoms with Crippen LogP contribution in [0.4, 0.5) is 5.69 Å². The van der Waals surface area contributed by atoms with Crippen molar-refractivity contribution >= 4 is 33.2 Å². The third kappa shape index (κ3) is 5.63. The van der Waals surface area contributed by atoms with Crippen LogP contribution in [0, 0.1) is 6.92 Å². The summed E-state index contributed by atoms with van der Waals surface area (Å²) in [6.45, 7) is 1.85. The highest BCUT2D eigenvalue weighted by atomic mass is 35.5. The van der Waals surface area contributed by atoms with Gasteiger partial charge < -0.3 is 5.32 Å². The Balaban J connectivity index is 2.06. The van der Waals surface area contributed by atoms with Crippen LogP contribution in [-0.4, -0.2) is 31.4 Å². The van der Waals surface area contributed by atoms with Gasteiger partial charge in [-0.1, -0.05) is 41.4 Å². The van der Waals surface area contributed by atoms with Crippen LogP contribution >= 0.6 is 11.6 Å². The zero-order chi connectivity index (χ0) is 17.7. The number of hydrogen-bond acceptors (Lipinski definition) is 3. The van der Waals surface area contributed by atoms with Gasteiger partial charge in [-0.15, -0.1) is 0 Å². The van der Waals surface area contributed by atoms with Crippen molar-refractivity contribution in [2.75, 3.05) is 18.1 Å². The molecule has 0 heterocycles. The van der Waals surface area contributed by atoms with E-state index in [1.165, 1.54) is 0 Å². The van der Waals surface area contributed by atoms with Crippen molar-refractivity contribution in [1.82, 2.24) is 4.31 Å². The maximum absolute atomic E-state index is 12.1. The molecule has 0 aliphatic rings. The second kappa shape index (κ2) is 7.79. The number of carbonyl (C=O) groups is 1. The molecule has 0 fully saturated rings. The van der Waals surface area contributed by atoms with Crippen LogP contribution in [-0.2, 0) is 21.4 Å². The second-order valence-corrected chi connectivity index (χ2v) is 7.99. The first-order valence-corrected chi connectivity index (χ1v) is 9.53. The van der Waals surface area contributed by atoms with Gasteiger partial charge in [0, 0.05) is 17.3 Å². The molecule has 0 saturated heterocycles. The van der Waals surface area contributed by atoms with Crippen LogP contribution in [0.15, 0.2) is 48.5 Å². The lowest BCUT2D eigenvalue weighted by molar-refractivity contribution is -0.116. The number of nitrogens with zero attached hydrogens (tertiary/aromatic N) is 1. The zero-order valence-electron chi connectivity index (χ0n) is 13.5. The Hall–Kier alpha value is -1.89. The first-order valence-electron chi connectivity index (χ1n) is 7.30. The molecule has 0 atom stereocenters. The lowest BCUT2D eigenvalue weighted by atomic mass is 10.1. The minimum atomic E-state index is -3.52. The number of nitrogens with one attached hydrogen (secondary N) is 1. The van der Waals surface area contributed by atoms with Crippen LogP contribution < -0.4 is 5.32 Å². The molecule has 0 spiro atoms. The summed E-state index contributed by atoms with van der Waals surface area (Å²) >= 11 is 5.79. The highest BCUT2D eigenvalue weighted by molar-refractivity contribution is 7.88. The largest absolute Gasteiger partial charge is 0.325 e. The van der Waals surface area contributed by atoms with Gasteiger partial charge in [0.1, 0.15) is 0 Å². The monoisotopic (exact) mass is 366 g/mol. The van der Waals surface area contributed by atoms with Gasteiger partial charge >= 0.3 is 0 Å². The Morgan fingerprint density at radius 3 is 2.21 bits per heavy atom. The summed E-state index contributed by atoms with van der Waals surface area (Å²) in [6.07, 6.45) is 1.09. The van der Waals surface area contributed by atoms with Gasteiger partial charge in [0.15, 0.2) is 0 Å². The number of carbonyl (C=O) groups excluding carboxylic acids is 1. The highest BCUT2D eigenvalue weighted by Gasteiger charge is 2.20. The normalized spacial score (nSPS) is 11.5. The zero-order valence-corrected chi connectivity index (χ0v) is 15.1. The first-order chi connectivity index (χ1) is 11.2. The minimum absolute atomic E-state index is 0.146. The molecule has 1 amide bonds. The average Bonchev–Trinajstić information content (AvgIpc) is 2.50. The maximum Gasteiger partial charge on any atom is 0.239 e. The first kappa shape index (κ1) is 18.4. The molecular formula is C17H19ClN2O3S. The van der Waals surface area contributed by atoms with Gasteiger partial charge in [-0.05, 0) is 36.8 Å². The minimum Gasteiger partial charge on any atom is -0.325 e. The van der Waals surface area contributed by atoms with E-state index in [1.54, 1.807) is 24.3 Å². The van der Waals surface area contributed by atoms with E-state index in [9.17, 15) is 13.2 Å². The van der Waals surface area contributed by atoms with Gasteiger partial charge in [0.05, 0.1) is 12.8 Å². The molecule has 0 radical (unpaired) electrons. The summed E-state index contributed by atoms with van der Waals surface area (Å²) in [7, 11) is -3.52. The number of sulfonamides is 1. The van der Waals surface area contributed by atoms with E-state index < -0.39 is 15.9 Å². The van der Waals surface area contributed by atoms with Gasteiger partial charge in [-0.25, -0.2) is 8.42 Å². The molecule has 0 aliphatic carbocycles. The topological polar surface area (TPSA) is 66.5 Å². The highest BCUT2D eigenvalue weighted by Crippen LogP contribution is 2.14. The number of amides is 1. The lowest BCUT2D eigenvalue weighted by Crippen LogP contribution is -2.36. The number of hydrogen-bond donors (Lipinski definition) is 1. The Morgan fingerprint density at radius 2 is 1.67 bits per heavy atom. The van der Waals surface area contributed by atoms with E-state index in [-0.39, 0.29) is 13.1 Å². The fraction of sp³-hybridized carbons (Fsp3) is 0.235. The predicted octanol–water partition coefficient (Wildman–Crippen LogP) is 3.05. The van der Waals surface area contributed by atoms with E-state index in [1.807, 2.05) is 31.2 Å². The average molecular weight is 367 g/mol. The second-order valence-electron chi connectivity index (χ2n) is 5.57. The predicted molar refractivity (Wildman–Crippen MR) is 96.5 cm³/mol. The molecule has 7 heteroatoms. The van der Waals surface area contributed by atoms with Crippen LogP contribution in [0.5, 0.6) is 0 Å². The van der Waals surface area contributed by atoms with Crippen molar-refractivity contribution in [2.45, 2.75) is 13.5 Å². The Morgan fingerprint density at radius 1 is 1.08 bits per heavy atom. The molecule has 0 bridgehead atoms. The van der Waals surface area contributed by atoms with Crippen molar-refractivity contribution in [3.63, 3.8) is 0 Å². The summed E-state index contributed by atoms with van der Waals surface area (Å²) < 4.78 is 25.1. The summed E-state index contributed by atoms with van der Waals surface area (Å²) in [6, 6.07) is 14.1. The maximum atomic E-state index is 12.1. The van der Waals surface area contributed by atoms with Crippen LogP contribution in [0.3, 0.4) is 0 Å². The van der Waals surface area contributed by atoms with Crippen molar-refractivity contribution in [2.24, 2.45) is 0 Å². The third-order valence-electron chi connectivity index (χ3n) is 3.40. The van der Waals surface area contributed by atoms with E-state index in [0.29, 0.717) is 10.7 Å². The molecule has 0 aromatic heterocycles. The summed E-state index contributed by atoms with van der Waals surface area (Å²) in [4.78, 5) is 12.1. The molecule has 2 aromatic rings. The van der Waals surface area contributed by atoms with Crippen molar-refractivity contribution in [3.8, 4) is 0 Å². The molecule has 0 aliphatic heterocycles. The van der Waals surface area contributed by atoms with Crippen molar-refractivity contribution in [1.29, 1.82) is 0 Å². The standard InChI is InChI=1S/C17H19ClN2O3S/c1-13-3-5-14(6-4-13)11-20(24(2,22)23)12-17(21)19-16-9-7-15(18)8-10-16/h3-10H,11-12H2,1-2H3,(H,19,21). The van der Waals surface area contributed by atoms with Gasteiger partial charge in [0.25, 0.3) is 0 Å². The molecule has 24 heavy (non-hydrogen) atoms. The van der Waals surface area contributed by atoms with Gasteiger partial charge in [0.2, 0.25) is 15.9 Å². The Bertz CT molecular complexity index is 803. The lowest BCUT2D eigenvalue weighted by Gasteiger charge is -2.19. The number of benzene rings is 2. The van der Waals surface area contributed by atoms with E-state index in [4.69, 9.17) is 11.6 Å². The van der Waals surface area contributed by atoms with E-state index in [2.05, 4.69) is 5.32 Å². The summed E-state index contributed by atoms with van der Waals surface area (Å²) in [5.41, 5.74) is 2.48. The molecule has 0 unspecified atom stereocenters. The molecule has 128 valence electrons. The summed E-state index contributed by atoms with van der Waals surface area (Å²) in [5.74, 6) is -0.408. The van der Waals surface area contributed by atoms with Crippen LogP contribution in [0.2, 0.25) is 5.02 Å². The number of anilines is 1. The van der Waals surface area contributed by atoms with Crippen molar-refractivity contribution in [3.05, 3.63) is 64.7 Å². The van der Waals surface area contributed by atoms with Gasteiger partial charge in [-0.3, -0.25) is 4.79 Å². The Labute approximate surface area is 147 Å². The van der Waals surface area contributed by atoms with E-state index >= 15 is 0 Å². The third-order valence-corrected chi connectivity index (χ3v) is 4.84. The van der Waals surface area contributed by atoms with E-state index in [0.717, 1.165) is 21.7 Å². The Kier molecular flexibility index (Phi) is 5.99. The molecule has 5 nitrogen and oxygen atoms in total.